The van der Waals surface area contributed by atoms with Gasteiger partial charge in [-0.25, -0.2) is 0 Å². The summed E-state index contributed by atoms with van der Waals surface area (Å²) in [6.07, 6.45) is 0.261. The minimum Gasteiger partial charge on any atom is -0.468 e. The molecule has 1 heterocycles. The summed E-state index contributed by atoms with van der Waals surface area (Å²) in [6.45, 7) is 7.53. The molecule has 0 unspecified atom stereocenters. The third kappa shape index (κ3) is 2.66. The predicted octanol–water partition coefficient (Wildman–Crippen LogP) is 2.50. The second kappa shape index (κ2) is 6.93. The molecule has 148 valence electrons. The molecular formula is C22H25NO5. The summed E-state index contributed by atoms with van der Waals surface area (Å²) in [4.78, 5) is 38.4. The number of nitrogens with zero attached hydrogens (tertiary/aromatic N) is 1. The molecule has 0 amide bonds. The summed E-state index contributed by atoms with van der Waals surface area (Å²) in [5.41, 5.74) is 4.05. The molecule has 3 rings (SSSR count). The van der Waals surface area contributed by atoms with Crippen molar-refractivity contribution in [1.82, 2.24) is 4.57 Å². The highest BCUT2D eigenvalue weighted by Gasteiger charge is 2.54. The fourth-order valence-electron chi connectivity index (χ4n) is 4.36. The van der Waals surface area contributed by atoms with Crippen molar-refractivity contribution >= 4 is 11.9 Å². The lowest BCUT2D eigenvalue weighted by Crippen LogP contribution is -2.42. The fraction of sp³-hybridized carbons (Fsp3) is 0.409. The van der Waals surface area contributed by atoms with E-state index in [0.717, 1.165) is 33.6 Å². The minimum atomic E-state index is -1.45. The first-order valence-corrected chi connectivity index (χ1v) is 9.17. The van der Waals surface area contributed by atoms with Gasteiger partial charge in [0.25, 0.3) is 5.56 Å². The van der Waals surface area contributed by atoms with Crippen LogP contribution in [0.3, 0.4) is 0 Å². The number of hydrogen-bond acceptors (Lipinski definition) is 5. The molecule has 0 aliphatic heterocycles. The van der Waals surface area contributed by atoms with E-state index >= 15 is 0 Å². The van der Waals surface area contributed by atoms with Crippen LogP contribution >= 0.6 is 0 Å². The summed E-state index contributed by atoms with van der Waals surface area (Å²) in [5.74, 6) is -1.28. The number of methoxy groups -OCH3 is 2. The minimum absolute atomic E-state index is 0.108. The predicted molar refractivity (Wildman–Crippen MR) is 105 cm³/mol. The van der Waals surface area contributed by atoms with Gasteiger partial charge in [-0.05, 0) is 49.9 Å². The number of esters is 2. The van der Waals surface area contributed by atoms with Crippen LogP contribution in [0.25, 0.3) is 5.69 Å². The number of para-hydroxylation sites is 1. The van der Waals surface area contributed by atoms with E-state index in [0.29, 0.717) is 5.56 Å². The lowest BCUT2D eigenvalue weighted by Gasteiger charge is -2.22. The van der Waals surface area contributed by atoms with E-state index in [9.17, 15) is 14.4 Å². The average molecular weight is 383 g/mol. The van der Waals surface area contributed by atoms with Gasteiger partial charge in [-0.1, -0.05) is 18.2 Å². The summed E-state index contributed by atoms with van der Waals surface area (Å²) >= 11 is 0. The lowest BCUT2D eigenvalue weighted by atomic mass is 9.84. The second-order valence-corrected chi connectivity index (χ2v) is 7.47. The average Bonchev–Trinajstić information content (AvgIpc) is 3.09. The van der Waals surface area contributed by atoms with Gasteiger partial charge in [-0.3, -0.25) is 19.0 Å². The maximum absolute atomic E-state index is 13.3. The molecule has 0 N–H and O–H groups in total. The van der Waals surface area contributed by atoms with Crippen LogP contribution in [0.15, 0.2) is 23.0 Å². The zero-order chi connectivity index (χ0) is 20.8. The van der Waals surface area contributed by atoms with Crippen LogP contribution in [-0.2, 0) is 31.9 Å². The van der Waals surface area contributed by atoms with Crippen LogP contribution in [0.4, 0.5) is 0 Å². The Morgan fingerprint density at radius 1 is 0.929 bits per heavy atom. The summed E-state index contributed by atoms with van der Waals surface area (Å²) in [7, 11) is 2.51. The molecule has 1 aliphatic carbocycles. The van der Waals surface area contributed by atoms with E-state index < -0.39 is 17.4 Å². The second-order valence-electron chi connectivity index (χ2n) is 7.47. The van der Waals surface area contributed by atoms with Gasteiger partial charge in [0.1, 0.15) is 0 Å². The molecule has 0 radical (unpaired) electrons. The molecule has 28 heavy (non-hydrogen) atoms. The lowest BCUT2D eigenvalue weighted by molar-refractivity contribution is -0.168. The molecule has 0 atom stereocenters. The Bertz CT molecular complexity index is 1010. The Kier molecular flexibility index (Phi) is 4.91. The van der Waals surface area contributed by atoms with Crippen LogP contribution in [0.5, 0.6) is 0 Å². The third-order valence-electron chi connectivity index (χ3n) is 5.89. The highest BCUT2D eigenvalue weighted by molar-refractivity contribution is 6.01. The summed E-state index contributed by atoms with van der Waals surface area (Å²) in [5, 5.41) is 0. The van der Waals surface area contributed by atoms with Crippen LogP contribution in [0, 0.1) is 33.1 Å². The van der Waals surface area contributed by atoms with Gasteiger partial charge in [0.2, 0.25) is 0 Å². The van der Waals surface area contributed by atoms with Gasteiger partial charge in [0, 0.05) is 24.1 Å². The first-order valence-electron chi connectivity index (χ1n) is 9.17. The third-order valence-corrected chi connectivity index (χ3v) is 5.89. The van der Waals surface area contributed by atoms with Crippen LogP contribution in [0.1, 0.15) is 33.5 Å². The number of benzene rings is 1. The first kappa shape index (κ1) is 19.9. The number of aromatic nitrogens is 1. The summed E-state index contributed by atoms with van der Waals surface area (Å²) in [6, 6.07) is 5.88. The zero-order valence-electron chi connectivity index (χ0n) is 17.1. The molecule has 0 fully saturated rings. The number of ether oxygens (including phenoxy) is 2. The molecule has 0 saturated carbocycles. The molecule has 0 saturated heterocycles. The monoisotopic (exact) mass is 383 g/mol. The van der Waals surface area contributed by atoms with Gasteiger partial charge < -0.3 is 9.47 Å². The Morgan fingerprint density at radius 2 is 1.43 bits per heavy atom. The Hall–Kier alpha value is -2.89. The van der Waals surface area contributed by atoms with Crippen molar-refractivity contribution in [3.63, 3.8) is 0 Å². The SMILES string of the molecule is COC(=O)C1(C(=O)OC)Cc2c(c(C)n(-c3c(C)cccc3C)c(=O)c2C)C1. The van der Waals surface area contributed by atoms with E-state index in [1.165, 1.54) is 14.2 Å². The quantitative estimate of drug-likeness (QED) is 0.601. The fourth-order valence-corrected chi connectivity index (χ4v) is 4.36. The van der Waals surface area contributed by atoms with Gasteiger partial charge >= 0.3 is 11.9 Å². The smallest absolute Gasteiger partial charge is 0.323 e. The van der Waals surface area contributed by atoms with Crippen molar-refractivity contribution in [2.75, 3.05) is 14.2 Å². The normalized spacial score (nSPS) is 14.5. The highest BCUT2D eigenvalue weighted by Crippen LogP contribution is 2.41. The standard InChI is InChI=1S/C22H25NO5/c1-12-8-7-9-13(2)18(12)23-15(4)17-11-22(20(25)27-5,21(26)28-6)10-16(17)14(3)19(23)24/h7-9H,10-11H2,1-6H3. The number of rotatable bonds is 3. The molecular weight excluding hydrogens is 358 g/mol. The van der Waals surface area contributed by atoms with Gasteiger partial charge in [0.15, 0.2) is 5.41 Å². The number of aryl methyl sites for hydroxylation is 2. The van der Waals surface area contributed by atoms with Gasteiger partial charge in [-0.15, -0.1) is 0 Å². The maximum Gasteiger partial charge on any atom is 0.323 e. The molecule has 0 bridgehead atoms. The topological polar surface area (TPSA) is 74.6 Å². The number of hydrogen-bond donors (Lipinski definition) is 0. The van der Waals surface area contributed by atoms with Crippen LogP contribution in [0.2, 0.25) is 0 Å². The van der Waals surface area contributed by atoms with Crippen molar-refractivity contribution in [2.24, 2.45) is 5.41 Å². The molecule has 1 aromatic heterocycles. The van der Waals surface area contributed by atoms with Crippen molar-refractivity contribution in [3.8, 4) is 5.69 Å². The molecule has 6 heteroatoms. The molecule has 0 spiro atoms. The first-order chi connectivity index (χ1) is 13.2. The number of fused-ring (bicyclic) bond motifs is 1. The number of carbonyl (C=O) groups is 2. The summed E-state index contributed by atoms with van der Waals surface area (Å²) < 4.78 is 11.6. The van der Waals surface area contributed by atoms with Crippen molar-refractivity contribution < 1.29 is 19.1 Å². The highest BCUT2D eigenvalue weighted by atomic mass is 16.5. The van der Waals surface area contributed by atoms with Gasteiger partial charge in [0.05, 0.1) is 19.9 Å². The number of pyridine rings is 1. The van der Waals surface area contributed by atoms with E-state index in [-0.39, 0.29) is 18.4 Å². The maximum atomic E-state index is 13.3. The van der Waals surface area contributed by atoms with E-state index in [2.05, 4.69) is 0 Å². The molecule has 6 nitrogen and oxygen atoms in total. The van der Waals surface area contributed by atoms with Gasteiger partial charge in [-0.2, -0.15) is 0 Å². The van der Waals surface area contributed by atoms with Crippen molar-refractivity contribution in [1.29, 1.82) is 0 Å². The molecule has 1 aromatic carbocycles. The molecule has 2 aromatic rings. The van der Waals surface area contributed by atoms with Crippen LogP contribution in [-0.4, -0.2) is 30.7 Å². The van der Waals surface area contributed by atoms with Crippen molar-refractivity contribution in [2.45, 2.75) is 40.5 Å². The Morgan fingerprint density at radius 3 is 1.93 bits per heavy atom. The zero-order valence-corrected chi connectivity index (χ0v) is 17.1. The van der Waals surface area contributed by atoms with E-state index in [1.54, 1.807) is 11.5 Å². The van der Waals surface area contributed by atoms with E-state index in [1.807, 2.05) is 39.0 Å². The van der Waals surface area contributed by atoms with E-state index in [4.69, 9.17) is 9.47 Å². The van der Waals surface area contributed by atoms with Crippen molar-refractivity contribution in [3.05, 3.63) is 62.1 Å². The Balaban J connectivity index is 2.31. The number of carbonyl (C=O) groups excluding carboxylic acids is 2. The van der Waals surface area contributed by atoms with Crippen LogP contribution < -0.4 is 5.56 Å². The molecule has 1 aliphatic rings. The Labute approximate surface area is 164 Å². The largest absolute Gasteiger partial charge is 0.468 e.